The van der Waals surface area contributed by atoms with Crippen molar-refractivity contribution in [2.45, 2.75) is 12.5 Å². The Bertz CT molecular complexity index is 584. The molecular formula is C16H14N2. The molecule has 0 unspecified atom stereocenters. The van der Waals surface area contributed by atoms with Gasteiger partial charge in [0.15, 0.2) is 0 Å². The maximum Gasteiger partial charge on any atom is 0.142 e. The molecule has 3 rings (SSSR count). The third kappa shape index (κ3) is 1.74. The molecule has 1 atom stereocenters. The number of rotatable bonds is 1. The summed E-state index contributed by atoms with van der Waals surface area (Å²) in [6.07, 6.45) is 1.00. The lowest BCUT2D eigenvalue weighted by atomic mass is 9.93. The average Bonchev–Trinajstić information content (AvgIpc) is 2.47. The molecule has 88 valence electrons. The normalized spacial score (nSPS) is 17.9. The molecule has 0 radical (unpaired) electrons. The summed E-state index contributed by atoms with van der Waals surface area (Å²) < 4.78 is 0. The van der Waals surface area contributed by atoms with Gasteiger partial charge in [-0.25, -0.2) is 0 Å². The van der Waals surface area contributed by atoms with Gasteiger partial charge in [0.25, 0.3) is 0 Å². The second-order valence-electron chi connectivity index (χ2n) is 4.51. The summed E-state index contributed by atoms with van der Waals surface area (Å²) in [7, 11) is 0. The zero-order valence-corrected chi connectivity index (χ0v) is 10.1. The van der Waals surface area contributed by atoms with Gasteiger partial charge >= 0.3 is 0 Å². The van der Waals surface area contributed by atoms with Gasteiger partial charge < -0.3 is 4.90 Å². The predicted octanol–water partition coefficient (Wildman–Crippen LogP) is 3.31. The van der Waals surface area contributed by atoms with E-state index in [1.165, 1.54) is 5.56 Å². The van der Waals surface area contributed by atoms with Crippen LogP contribution in [0.2, 0.25) is 0 Å². The highest BCUT2D eigenvalue weighted by Gasteiger charge is 2.26. The highest BCUT2D eigenvalue weighted by molar-refractivity contribution is 5.54. The van der Waals surface area contributed by atoms with Crippen molar-refractivity contribution in [3.05, 3.63) is 65.7 Å². The molecule has 0 aromatic heterocycles. The van der Waals surface area contributed by atoms with E-state index in [4.69, 9.17) is 0 Å². The Kier molecular flexibility index (Phi) is 2.74. The van der Waals surface area contributed by atoms with E-state index in [0.717, 1.165) is 24.2 Å². The molecule has 1 aliphatic heterocycles. The smallest absolute Gasteiger partial charge is 0.142 e. The summed E-state index contributed by atoms with van der Waals surface area (Å²) in [5, 5.41) is 9.48. The van der Waals surface area contributed by atoms with Crippen molar-refractivity contribution < 1.29 is 0 Å². The number of hydrogen-bond acceptors (Lipinski definition) is 2. The number of nitriles is 1. The van der Waals surface area contributed by atoms with Gasteiger partial charge in [0, 0.05) is 12.2 Å². The van der Waals surface area contributed by atoms with Crippen molar-refractivity contribution in [1.82, 2.24) is 0 Å². The second-order valence-corrected chi connectivity index (χ2v) is 4.51. The van der Waals surface area contributed by atoms with Crippen LogP contribution in [0, 0.1) is 11.3 Å². The molecule has 0 aliphatic carbocycles. The molecule has 18 heavy (non-hydrogen) atoms. The lowest BCUT2D eigenvalue weighted by molar-refractivity contribution is 0.676. The minimum absolute atomic E-state index is 0.169. The molecule has 1 aliphatic rings. The number of fused-ring (bicyclic) bond motifs is 1. The van der Waals surface area contributed by atoms with Gasteiger partial charge in [0.1, 0.15) is 6.04 Å². The van der Waals surface area contributed by atoms with Crippen LogP contribution in [0.15, 0.2) is 54.6 Å². The number of hydrogen-bond donors (Lipinski definition) is 0. The standard InChI is InChI=1S/C16H14N2/c17-12-16-15-9-5-4-6-13(15)10-11-18(16)14-7-2-1-3-8-14/h1-9,16H,10-11H2/t16-/m1/s1. The Morgan fingerprint density at radius 3 is 2.50 bits per heavy atom. The molecule has 1 heterocycles. The molecular weight excluding hydrogens is 220 g/mol. The molecule has 2 aromatic rings. The van der Waals surface area contributed by atoms with Crippen LogP contribution in [0.25, 0.3) is 0 Å². The highest BCUT2D eigenvalue weighted by atomic mass is 15.2. The Labute approximate surface area is 107 Å². The number of anilines is 1. The third-order valence-corrected chi connectivity index (χ3v) is 3.49. The maximum absolute atomic E-state index is 9.48. The Morgan fingerprint density at radius 2 is 1.72 bits per heavy atom. The Morgan fingerprint density at radius 1 is 1.00 bits per heavy atom. The fraction of sp³-hybridized carbons (Fsp3) is 0.188. The fourth-order valence-corrected chi connectivity index (χ4v) is 2.60. The van der Waals surface area contributed by atoms with Crippen LogP contribution in [0.3, 0.4) is 0 Å². The Hall–Kier alpha value is -2.27. The number of nitrogens with zero attached hydrogens (tertiary/aromatic N) is 2. The largest absolute Gasteiger partial charge is 0.352 e. The maximum atomic E-state index is 9.48. The SMILES string of the molecule is N#C[C@@H]1c2ccccc2CCN1c1ccccc1. The minimum atomic E-state index is -0.169. The lowest BCUT2D eigenvalue weighted by Crippen LogP contribution is -2.34. The average molecular weight is 234 g/mol. The highest BCUT2D eigenvalue weighted by Crippen LogP contribution is 2.32. The zero-order valence-electron chi connectivity index (χ0n) is 10.1. The summed E-state index contributed by atoms with van der Waals surface area (Å²) in [6, 6.07) is 20.7. The number of benzene rings is 2. The fourth-order valence-electron chi connectivity index (χ4n) is 2.60. The molecule has 2 aromatic carbocycles. The monoisotopic (exact) mass is 234 g/mol. The van der Waals surface area contributed by atoms with Crippen molar-refractivity contribution in [2.75, 3.05) is 11.4 Å². The van der Waals surface area contributed by atoms with Crippen LogP contribution in [0.4, 0.5) is 5.69 Å². The first kappa shape index (κ1) is 10.9. The summed E-state index contributed by atoms with van der Waals surface area (Å²) in [6.45, 7) is 0.902. The quantitative estimate of drug-likeness (QED) is 0.757. The molecule has 0 fully saturated rings. The van der Waals surface area contributed by atoms with Crippen molar-refractivity contribution in [2.24, 2.45) is 0 Å². The van der Waals surface area contributed by atoms with Gasteiger partial charge in [-0.3, -0.25) is 0 Å². The Balaban J connectivity index is 2.03. The topological polar surface area (TPSA) is 27.0 Å². The van der Waals surface area contributed by atoms with Crippen LogP contribution in [-0.2, 0) is 6.42 Å². The lowest BCUT2D eigenvalue weighted by Gasteiger charge is -2.35. The van der Waals surface area contributed by atoms with Gasteiger partial charge in [-0.1, -0.05) is 42.5 Å². The van der Waals surface area contributed by atoms with Crippen LogP contribution in [0.1, 0.15) is 17.2 Å². The van der Waals surface area contributed by atoms with Crippen LogP contribution in [0.5, 0.6) is 0 Å². The summed E-state index contributed by atoms with van der Waals surface area (Å²) >= 11 is 0. The van der Waals surface area contributed by atoms with E-state index in [-0.39, 0.29) is 6.04 Å². The van der Waals surface area contributed by atoms with Crippen LogP contribution >= 0.6 is 0 Å². The molecule has 0 spiro atoms. The predicted molar refractivity (Wildman–Crippen MR) is 72.3 cm³/mol. The third-order valence-electron chi connectivity index (χ3n) is 3.49. The van der Waals surface area contributed by atoms with Gasteiger partial charge in [-0.2, -0.15) is 5.26 Å². The first-order valence-corrected chi connectivity index (χ1v) is 6.19. The van der Waals surface area contributed by atoms with E-state index in [1.807, 2.05) is 30.3 Å². The van der Waals surface area contributed by atoms with Gasteiger partial charge in [-0.15, -0.1) is 0 Å². The van der Waals surface area contributed by atoms with E-state index in [1.54, 1.807) is 0 Å². The molecule has 0 amide bonds. The molecule has 2 heteroatoms. The van der Waals surface area contributed by atoms with Crippen LogP contribution in [-0.4, -0.2) is 6.54 Å². The van der Waals surface area contributed by atoms with E-state index in [9.17, 15) is 5.26 Å². The molecule has 0 N–H and O–H groups in total. The summed E-state index contributed by atoms with van der Waals surface area (Å²) in [5.74, 6) is 0. The van der Waals surface area contributed by atoms with Crippen molar-refractivity contribution in [3.63, 3.8) is 0 Å². The van der Waals surface area contributed by atoms with E-state index >= 15 is 0 Å². The van der Waals surface area contributed by atoms with E-state index in [2.05, 4.69) is 35.2 Å². The summed E-state index contributed by atoms with van der Waals surface area (Å²) in [5.41, 5.74) is 3.57. The number of para-hydroxylation sites is 1. The van der Waals surface area contributed by atoms with Crippen molar-refractivity contribution >= 4 is 5.69 Å². The molecule has 0 saturated carbocycles. The van der Waals surface area contributed by atoms with Gasteiger partial charge in [-0.05, 0) is 29.7 Å². The molecule has 0 bridgehead atoms. The van der Waals surface area contributed by atoms with Crippen molar-refractivity contribution in [3.8, 4) is 6.07 Å². The molecule has 2 nitrogen and oxygen atoms in total. The second kappa shape index (κ2) is 4.54. The summed E-state index contributed by atoms with van der Waals surface area (Å²) in [4.78, 5) is 2.18. The minimum Gasteiger partial charge on any atom is -0.352 e. The van der Waals surface area contributed by atoms with Gasteiger partial charge in [0.05, 0.1) is 6.07 Å². The van der Waals surface area contributed by atoms with E-state index in [0.29, 0.717) is 0 Å². The van der Waals surface area contributed by atoms with E-state index < -0.39 is 0 Å². The first-order chi connectivity index (χ1) is 8.90. The zero-order chi connectivity index (χ0) is 12.4. The van der Waals surface area contributed by atoms with Gasteiger partial charge in [0.2, 0.25) is 0 Å². The molecule has 0 saturated heterocycles. The van der Waals surface area contributed by atoms with Crippen molar-refractivity contribution in [1.29, 1.82) is 5.26 Å². The first-order valence-electron chi connectivity index (χ1n) is 6.19. The van der Waals surface area contributed by atoms with Crippen LogP contribution < -0.4 is 4.90 Å².